The van der Waals surface area contributed by atoms with Gasteiger partial charge in [-0.2, -0.15) is 0 Å². The molecule has 0 spiro atoms. The Morgan fingerprint density at radius 1 is 1.06 bits per heavy atom. The molecule has 6 nitrogen and oxygen atoms in total. The Labute approximate surface area is 185 Å². The van der Waals surface area contributed by atoms with E-state index in [2.05, 4.69) is 13.8 Å². The van der Waals surface area contributed by atoms with E-state index >= 15 is 0 Å². The van der Waals surface area contributed by atoms with Crippen LogP contribution >= 0.6 is 0 Å². The first-order valence-corrected chi connectivity index (χ1v) is 10.8. The van der Waals surface area contributed by atoms with Crippen LogP contribution in [-0.2, 0) is 11.3 Å². The summed E-state index contributed by atoms with van der Waals surface area (Å²) in [5, 5.41) is 0. The second-order valence-corrected chi connectivity index (χ2v) is 8.26. The first kappa shape index (κ1) is 24.4. The predicted octanol–water partition coefficient (Wildman–Crippen LogP) is 4.67. The molecule has 168 valence electrons. The van der Waals surface area contributed by atoms with Gasteiger partial charge in [-0.15, -0.1) is 0 Å². The van der Waals surface area contributed by atoms with Crippen LogP contribution in [0.5, 0.6) is 0 Å². The Balaban J connectivity index is 2.49. The minimum Gasteiger partial charge on any atom is -0.464 e. The zero-order valence-corrected chi connectivity index (χ0v) is 19.7. The molecule has 0 saturated carbocycles. The van der Waals surface area contributed by atoms with E-state index in [4.69, 9.17) is 4.74 Å². The van der Waals surface area contributed by atoms with Crippen LogP contribution in [0, 0.1) is 19.8 Å². The Hall–Kier alpha value is -2.89. The van der Waals surface area contributed by atoms with E-state index in [1.165, 1.54) is 7.11 Å². The Morgan fingerprint density at radius 3 is 2.19 bits per heavy atom. The van der Waals surface area contributed by atoms with E-state index in [9.17, 15) is 14.4 Å². The molecule has 31 heavy (non-hydrogen) atoms. The molecular weight excluding hydrogens is 392 g/mol. The van der Waals surface area contributed by atoms with Crippen LogP contribution in [0.3, 0.4) is 0 Å². The molecule has 2 aromatic rings. The number of esters is 1. The highest BCUT2D eigenvalue weighted by Crippen LogP contribution is 2.26. The monoisotopic (exact) mass is 426 g/mol. The number of ketones is 1. The van der Waals surface area contributed by atoms with Crippen molar-refractivity contribution in [3.8, 4) is 0 Å². The smallest absolute Gasteiger partial charge is 0.354 e. The highest BCUT2D eigenvalue weighted by molar-refractivity contribution is 6.07. The molecule has 1 amide bonds. The maximum absolute atomic E-state index is 13.6. The van der Waals surface area contributed by atoms with Crippen molar-refractivity contribution in [1.29, 1.82) is 0 Å². The van der Waals surface area contributed by atoms with Crippen LogP contribution in [-0.4, -0.2) is 46.8 Å². The summed E-state index contributed by atoms with van der Waals surface area (Å²) in [7, 11) is 1.33. The summed E-state index contributed by atoms with van der Waals surface area (Å²) in [6.07, 6.45) is 0.789. The highest BCUT2D eigenvalue weighted by Gasteiger charge is 2.33. The first-order valence-electron chi connectivity index (χ1n) is 10.8. The van der Waals surface area contributed by atoms with Gasteiger partial charge in [-0.05, 0) is 57.7 Å². The van der Waals surface area contributed by atoms with E-state index in [1.54, 1.807) is 35.4 Å². The molecule has 0 aliphatic rings. The minimum absolute atomic E-state index is 0.166. The van der Waals surface area contributed by atoms with Gasteiger partial charge in [0.2, 0.25) is 0 Å². The summed E-state index contributed by atoms with van der Waals surface area (Å²) in [6, 6.07) is 8.36. The lowest BCUT2D eigenvalue weighted by Crippen LogP contribution is -2.44. The SMILES string of the molecule is CCn1c(C)c(C(=O)C(C)N(CCC(C)C)C(=O)c2ccccc2)c(C)c1C(=O)OC. The van der Waals surface area contributed by atoms with Crippen molar-refractivity contribution in [2.75, 3.05) is 13.7 Å². The van der Waals surface area contributed by atoms with Gasteiger partial charge in [0, 0.05) is 29.9 Å². The summed E-state index contributed by atoms with van der Waals surface area (Å²) in [5.41, 5.74) is 2.75. The number of nitrogens with zero attached hydrogens (tertiary/aromatic N) is 2. The summed E-state index contributed by atoms with van der Waals surface area (Å²) < 4.78 is 6.75. The summed E-state index contributed by atoms with van der Waals surface area (Å²) in [5.74, 6) is -0.406. The molecule has 1 unspecified atom stereocenters. The van der Waals surface area contributed by atoms with Crippen molar-refractivity contribution in [2.24, 2.45) is 5.92 Å². The van der Waals surface area contributed by atoms with Crippen molar-refractivity contribution in [3.05, 3.63) is 58.4 Å². The fourth-order valence-electron chi connectivity index (χ4n) is 3.98. The largest absolute Gasteiger partial charge is 0.464 e. The molecule has 0 bridgehead atoms. The maximum atomic E-state index is 13.6. The molecule has 0 N–H and O–H groups in total. The molecular formula is C25H34N2O4. The van der Waals surface area contributed by atoms with Crippen LogP contribution in [0.1, 0.15) is 76.6 Å². The number of Topliss-reactive ketones (excluding diaryl/α,β-unsaturated/α-hetero) is 1. The van der Waals surface area contributed by atoms with Crippen molar-refractivity contribution in [3.63, 3.8) is 0 Å². The van der Waals surface area contributed by atoms with Gasteiger partial charge in [-0.1, -0.05) is 32.0 Å². The number of rotatable bonds is 9. The summed E-state index contributed by atoms with van der Waals surface area (Å²) in [4.78, 5) is 40.9. The van der Waals surface area contributed by atoms with Gasteiger partial charge in [-0.3, -0.25) is 9.59 Å². The molecule has 1 atom stereocenters. The quantitative estimate of drug-likeness (QED) is 0.432. The molecule has 6 heteroatoms. The van der Waals surface area contributed by atoms with Crippen LogP contribution in [0.2, 0.25) is 0 Å². The Morgan fingerprint density at radius 2 is 1.68 bits per heavy atom. The lowest BCUT2D eigenvalue weighted by molar-refractivity contribution is 0.0586. The number of hydrogen-bond donors (Lipinski definition) is 0. The normalized spacial score (nSPS) is 12.0. The molecule has 0 saturated heterocycles. The molecule has 1 aromatic heterocycles. The molecule has 0 radical (unpaired) electrons. The third kappa shape index (κ3) is 5.06. The number of methoxy groups -OCH3 is 1. The second kappa shape index (κ2) is 10.4. The fraction of sp³-hybridized carbons (Fsp3) is 0.480. The van der Waals surface area contributed by atoms with Crippen LogP contribution in [0.15, 0.2) is 30.3 Å². The van der Waals surface area contributed by atoms with Gasteiger partial charge >= 0.3 is 5.97 Å². The number of hydrogen-bond acceptors (Lipinski definition) is 4. The predicted molar refractivity (Wildman–Crippen MR) is 122 cm³/mol. The number of carbonyl (C=O) groups is 3. The van der Waals surface area contributed by atoms with Crippen LogP contribution < -0.4 is 0 Å². The van der Waals surface area contributed by atoms with Crippen LogP contribution in [0.25, 0.3) is 0 Å². The van der Waals surface area contributed by atoms with E-state index in [-0.39, 0.29) is 11.7 Å². The van der Waals surface area contributed by atoms with Crippen molar-refractivity contribution in [2.45, 2.75) is 60.5 Å². The maximum Gasteiger partial charge on any atom is 0.354 e. The van der Waals surface area contributed by atoms with Gasteiger partial charge in [0.25, 0.3) is 5.91 Å². The van der Waals surface area contributed by atoms with E-state index < -0.39 is 12.0 Å². The minimum atomic E-state index is -0.665. The standard InChI is InChI=1S/C25H34N2O4/c1-8-26-18(5)21(17(4)22(26)25(30)31-7)23(28)19(6)27(15-14-16(2)3)24(29)20-12-10-9-11-13-20/h9-13,16,19H,8,14-15H2,1-7H3. The first-order chi connectivity index (χ1) is 14.6. The summed E-state index contributed by atoms with van der Waals surface area (Å²) in [6.45, 7) is 12.5. The zero-order valence-electron chi connectivity index (χ0n) is 19.7. The number of carbonyl (C=O) groups excluding carboxylic acids is 3. The van der Waals surface area contributed by atoms with Gasteiger partial charge < -0.3 is 14.2 Å². The average molecular weight is 427 g/mol. The molecule has 2 rings (SSSR count). The lowest BCUT2D eigenvalue weighted by atomic mass is 9.98. The van der Waals surface area contributed by atoms with E-state index in [1.807, 2.05) is 32.0 Å². The third-order valence-electron chi connectivity index (χ3n) is 5.78. The highest BCUT2D eigenvalue weighted by atomic mass is 16.5. The van der Waals surface area contributed by atoms with Gasteiger partial charge in [0.1, 0.15) is 5.69 Å². The zero-order chi connectivity index (χ0) is 23.3. The van der Waals surface area contributed by atoms with Crippen molar-refractivity contribution in [1.82, 2.24) is 9.47 Å². The molecule has 1 aromatic carbocycles. The number of aromatic nitrogens is 1. The second-order valence-electron chi connectivity index (χ2n) is 8.26. The van der Waals surface area contributed by atoms with E-state index in [0.717, 1.165) is 6.42 Å². The summed E-state index contributed by atoms with van der Waals surface area (Å²) >= 11 is 0. The van der Waals surface area contributed by atoms with Crippen LogP contribution in [0.4, 0.5) is 0 Å². The number of ether oxygens (including phenoxy) is 1. The third-order valence-corrected chi connectivity index (χ3v) is 5.78. The van der Waals surface area contributed by atoms with Gasteiger partial charge in [0.15, 0.2) is 5.78 Å². The average Bonchev–Trinajstić information content (AvgIpc) is 3.02. The fourth-order valence-corrected chi connectivity index (χ4v) is 3.98. The molecule has 0 aliphatic heterocycles. The van der Waals surface area contributed by atoms with Crippen molar-refractivity contribution >= 4 is 17.7 Å². The van der Waals surface area contributed by atoms with Crippen molar-refractivity contribution < 1.29 is 19.1 Å². The molecule has 0 aliphatic carbocycles. The topological polar surface area (TPSA) is 68.6 Å². The molecule has 1 heterocycles. The van der Waals surface area contributed by atoms with Gasteiger partial charge in [0.05, 0.1) is 13.2 Å². The number of amides is 1. The lowest BCUT2D eigenvalue weighted by Gasteiger charge is -2.29. The molecule has 0 fully saturated rings. The van der Waals surface area contributed by atoms with E-state index in [0.29, 0.717) is 47.1 Å². The Bertz CT molecular complexity index is 944. The Kier molecular flexibility index (Phi) is 8.20. The number of benzene rings is 1. The van der Waals surface area contributed by atoms with Gasteiger partial charge in [-0.25, -0.2) is 4.79 Å².